The first-order valence-corrected chi connectivity index (χ1v) is 6.46. The summed E-state index contributed by atoms with van der Waals surface area (Å²) in [5.74, 6) is 0. The number of aliphatic hydroxyl groups excluding tert-OH is 1. The molecule has 1 unspecified atom stereocenters. The zero-order valence-electron chi connectivity index (χ0n) is 10.5. The van der Waals surface area contributed by atoms with Gasteiger partial charge in [-0.3, -0.25) is 4.68 Å². The predicted octanol–water partition coefficient (Wildman–Crippen LogP) is 2.01. The fourth-order valence-corrected chi connectivity index (χ4v) is 2.30. The highest BCUT2D eigenvalue weighted by Crippen LogP contribution is 2.28. The molecule has 0 amide bonds. The van der Waals surface area contributed by atoms with Gasteiger partial charge in [-0.2, -0.15) is 18.3 Å². The molecule has 0 radical (unpaired) electrons. The van der Waals surface area contributed by atoms with Gasteiger partial charge in [0.05, 0.1) is 11.7 Å². The molecule has 0 spiro atoms. The van der Waals surface area contributed by atoms with E-state index in [-0.39, 0.29) is 6.54 Å². The third-order valence-electron chi connectivity index (χ3n) is 3.38. The molecule has 1 heterocycles. The maximum absolute atomic E-state index is 12.1. The fraction of sp³-hybridized carbons (Fsp3) is 0.750. The van der Waals surface area contributed by atoms with E-state index in [4.69, 9.17) is 5.11 Å². The summed E-state index contributed by atoms with van der Waals surface area (Å²) in [6.45, 7) is -0.285. The normalized spacial score (nSPS) is 18.9. The van der Waals surface area contributed by atoms with Gasteiger partial charge < -0.3 is 10.4 Å². The number of rotatable bonds is 5. The summed E-state index contributed by atoms with van der Waals surface area (Å²) in [5.41, 5.74) is 0.696. The molecule has 0 bridgehead atoms. The van der Waals surface area contributed by atoms with Crippen LogP contribution in [0.4, 0.5) is 13.2 Å². The maximum atomic E-state index is 12.1. The van der Waals surface area contributed by atoms with E-state index in [2.05, 4.69) is 10.4 Å². The van der Waals surface area contributed by atoms with Gasteiger partial charge in [0, 0.05) is 19.3 Å². The van der Waals surface area contributed by atoms with E-state index in [9.17, 15) is 13.2 Å². The lowest BCUT2D eigenvalue weighted by atomic mass is 10.3. The largest absolute Gasteiger partial charge is 0.415 e. The molecule has 0 aliphatic heterocycles. The van der Waals surface area contributed by atoms with Crippen LogP contribution in [0.25, 0.3) is 0 Å². The number of hydrogen-bond acceptors (Lipinski definition) is 3. The van der Waals surface area contributed by atoms with Crippen LogP contribution in [0.3, 0.4) is 0 Å². The van der Waals surface area contributed by atoms with Crippen LogP contribution in [0.15, 0.2) is 12.3 Å². The second-order valence-corrected chi connectivity index (χ2v) is 4.91. The van der Waals surface area contributed by atoms with Crippen molar-refractivity contribution in [2.45, 2.75) is 50.6 Å². The highest BCUT2D eigenvalue weighted by atomic mass is 19.4. The highest BCUT2D eigenvalue weighted by Gasteiger charge is 2.37. The van der Waals surface area contributed by atoms with Crippen molar-refractivity contribution in [2.24, 2.45) is 0 Å². The van der Waals surface area contributed by atoms with Crippen molar-refractivity contribution in [1.82, 2.24) is 15.1 Å². The lowest BCUT2D eigenvalue weighted by Gasteiger charge is -2.14. The van der Waals surface area contributed by atoms with Crippen molar-refractivity contribution in [3.8, 4) is 0 Å². The highest BCUT2D eigenvalue weighted by molar-refractivity contribution is 5.00. The van der Waals surface area contributed by atoms with Gasteiger partial charge in [-0.05, 0) is 18.9 Å². The molecule has 19 heavy (non-hydrogen) atoms. The second kappa shape index (κ2) is 5.92. The third kappa shape index (κ3) is 3.94. The minimum absolute atomic E-state index is 0.229. The molecule has 2 N–H and O–H groups in total. The van der Waals surface area contributed by atoms with Crippen LogP contribution in [-0.2, 0) is 6.54 Å². The van der Waals surface area contributed by atoms with Crippen LogP contribution in [-0.4, -0.2) is 33.7 Å². The van der Waals surface area contributed by atoms with Crippen molar-refractivity contribution in [3.63, 3.8) is 0 Å². The lowest BCUT2D eigenvalue weighted by molar-refractivity contribution is -0.201. The average molecular weight is 277 g/mol. The Morgan fingerprint density at radius 2 is 2.11 bits per heavy atom. The Balaban J connectivity index is 1.77. The Morgan fingerprint density at radius 3 is 2.74 bits per heavy atom. The fourth-order valence-electron chi connectivity index (χ4n) is 2.30. The number of nitrogens with zero attached hydrogens (tertiary/aromatic N) is 2. The second-order valence-electron chi connectivity index (χ2n) is 4.91. The van der Waals surface area contributed by atoms with Crippen LogP contribution in [0, 0.1) is 0 Å². The number of alkyl halides is 3. The zero-order chi connectivity index (χ0) is 13.9. The monoisotopic (exact) mass is 277 g/mol. The summed E-state index contributed by atoms with van der Waals surface area (Å²) < 4.78 is 38.1. The summed E-state index contributed by atoms with van der Waals surface area (Å²) in [6.07, 6.45) is -0.401. The lowest BCUT2D eigenvalue weighted by Crippen LogP contribution is -2.38. The Morgan fingerprint density at radius 1 is 1.42 bits per heavy atom. The first-order valence-electron chi connectivity index (χ1n) is 6.46. The van der Waals surface area contributed by atoms with E-state index in [0.717, 1.165) is 12.8 Å². The molecule has 0 saturated heterocycles. The average Bonchev–Trinajstić information content (AvgIpc) is 2.97. The van der Waals surface area contributed by atoms with Crippen molar-refractivity contribution < 1.29 is 18.3 Å². The van der Waals surface area contributed by atoms with E-state index in [1.807, 2.05) is 10.9 Å². The van der Waals surface area contributed by atoms with E-state index in [1.165, 1.54) is 12.8 Å². The van der Waals surface area contributed by atoms with Crippen LogP contribution in [0.2, 0.25) is 0 Å². The molecule has 108 valence electrons. The summed E-state index contributed by atoms with van der Waals surface area (Å²) >= 11 is 0. The molecule has 1 atom stereocenters. The summed E-state index contributed by atoms with van der Waals surface area (Å²) in [4.78, 5) is 0. The van der Waals surface area contributed by atoms with E-state index >= 15 is 0 Å². The van der Waals surface area contributed by atoms with Crippen LogP contribution in [0.5, 0.6) is 0 Å². The Hall–Kier alpha value is -1.08. The van der Waals surface area contributed by atoms with Gasteiger partial charge in [0.1, 0.15) is 0 Å². The molecule has 1 saturated carbocycles. The van der Waals surface area contributed by atoms with Crippen LogP contribution < -0.4 is 5.32 Å². The van der Waals surface area contributed by atoms with E-state index in [1.54, 1.807) is 6.07 Å². The quantitative estimate of drug-likeness (QED) is 0.865. The first kappa shape index (κ1) is 14.3. The molecule has 4 nitrogen and oxygen atoms in total. The van der Waals surface area contributed by atoms with Gasteiger partial charge in [-0.1, -0.05) is 12.8 Å². The molecular formula is C12H18F3N3O. The third-order valence-corrected chi connectivity index (χ3v) is 3.38. The van der Waals surface area contributed by atoms with Gasteiger partial charge >= 0.3 is 6.18 Å². The number of halogens is 3. The minimum atomic E-state index is -4.57. The maximum Gasteiger partial charge on any atom is 0.415 e. The number of nitrogens with one attached hydrogen (secondary N) is 1. The molecule has 0 aromatic carbocycles. The van der Waals surface area contributed by atoms with Gasteiger partial charge in [-0.25, -0.2) is 0 Å². The first-order chi connectivity index (χ1) is 8.97. The molecule has 1 fully saturated rings. The van der Waals surface area contributed by atoms with Gasteiger partial charge in [-0.15, -0.1) is 0 Å². The van der Waals surface area contributed by atoms with Crippen LogP contribution in [0.1, 0.15) is 37.4 Å². The molecule has 1 aliphatic carbocycles. The van der Waals surface area contributed by atoms with E-state index < -0.39 is 18.8 Å². The van der Waals surface area contributed by atoms with Crippen molar-refractivity contribution in [2.75, 3.05) is 6.54 Å². The number of aliphatic hydroxyl groups is 1. The Bertz CT molecular complexity index is 399. The predicted molar refractivity (Wildman–Crippen MR) is 63.5 cm³/mol. The summed E-state index contributed by atoms with van der Waals surface area (Å²) in [7, 11) is 0. The zero-order valence-corrected chi connectivity index (χ0v) is 10.5. The summed E-state index contributed by atoms with van der Waals surface area (Å²) in [6, 6.07) is 2.22. The molecule has 2 rings (SSSR count). The smallest absolute Gasteiger partial charge is 0.382 e. The van der Waals surface area contributed by atoms with Gasteiger partial charge in [0.2, 0.25) is 0 Å². The molecular weight excluding hydrogens is 259 g/mol. The van der Waals surface area contributed by atoms with Gasteiger partial charge in [0.15, 0.2) is 6.10 Å². The Labute approximate surface area is 109 Å². The SMILES string of the molecule is OC(CNCc1ccn(C2CCCC2)n1)C(F)(F)F. The van der Waals surface area contributed by atoms with Crippen molar-refractivity contribution >= 4 is 0 Å². The minimum Gasteiger partial charge on any atom is -0.382 e. The number of aromatic nitrogens is 2. The topological polar surface area (TPSA) is 50.1 Å². The van der Waals surface area contributed by atoms with Crippen molar-refractivity contribution in [1.29, 1.82) is 0 Å². The Kier molecular flexibility index (Phi) is 4.46. The molecule has 1 aromatic rings. The van der Waals surface area contributed by atoms with Gasteiger partial charge in [0.25, 0.3) is 0 Å². The number of hydrogen-bond donors (Lipinski definition) is 2. The van der Waals surface area contributed by atoms with E-state index in [0.29, 0.717) is 11.7 Å². The standard InChI is InChI=1S/C12H18F3N3O/c13-12(14,15)11(19)8-16-7-9-5-6-18(17-9)10-3-1-2-4-10/h5-6,10-11,16,19H,1-4,7-8H2. The molecule has 1 aliphatic rings. The molecule has 1 aromatic heterocycles. The summed E-state index contributed by atoms with van der Waals surface area (Å²) in [5, 5.41) is 15.7. The van der Waals surface area contributed by atoms with Crippen molar-refractivity contribution in [3.05, 3.63) is 18.0 Å². The molecule has 7 heteroatoms. The van der Waals surface area contributed by atoms with Crippen LogP contribution >= 0.6 is 0 Å².